The number of benzene rings is 1. The molecule has 0 atom stereocenters. The Labute approximate surface area is 176 Å². The minimum absolute atomic E-state index is 0.305. The summed E-state index contributed by atoms with van der Waals surface area (Å²) in [5, 5.41) is 1.26. The molecule has 4 rings (SSSR count). The first kappa shape index (κ1) is 19.7. The van der Waals surface area contributed by atoms with Crippen molar-refractivity contribution >= 4 is 44.9 Å². The molecule has 4 N–H and O–H groups in total. The van der Waals surface area contributed by atoms with Crippen LogP contribution < -0.4 is 16.2 Å². The first-order valence-corrected chi connectivity index (χ1v) is 11.2. The van der Waals surface area contributed by atoms with Crippen molar-refractivity contribution in [3.05, 3.63) is 41.3 Å². The predicted molar refractivity (Wildman–Crippen MR) is 118 cm³/mol. The number of carbonyl (C=O) groups is 1. The number of amides is 1. The Morgan fingerprint density at radius 1 is 1.34 bits per heavy atom. The molecule has 3 heterocycles. The number of fused-ring (bicyclic) bond motifs is 1. The SMILES string of the molecule is CSc1nc(-c2cccc(OCN3CC=CCC3)c2)c2c(N)c(C(N)=O)sc2n1. The van der Waals surface area contributed by atoms with Gasteiger partial charge in [0, 0.05) is 18.7 Å². The third-order valence-corrected chi connectivity index (χ3v) is 6.30. The van der Waals surface area contributed by atoms with Gasteiger partial charge in [-0.3, -0.25) is 9.69 Å². The van der Waals surface area contributed by atoms with Crippen molar-refractivity contribution < 1.29 is 9.53 Å². The second kappa shape index (κ2) is 8.40. The van der Waals surface area contributed by atoms with E-state index in [4.69, 9.17) is 16.2 Å². The van der Waals surface area contributed by atoms with Crippen LogP contribution in [0.15, 0.2) is 41.6 Å². The lowest BCUT2D eigenvalue weighted by Crippen LogP contribution is -2.31. The molecule has 1 amide bonds. The van der Waals surface area contributed by atoms with Crippen molar-refractivity contribution in [3.8, 4) is 17.0 Å². The molecule has 3 aromatic rings. The zero-order chi connectivity index (χ0) is 20.4. The van der Waals surface area contributed by atoms with Gasteiger partial charge in [0.2, 0.25) is 0 Å². The maximum atomic E-state index is 11.8. The predicted octanol–water partition coefficient (Wildman–Crippen LogP) is 3.36. The number of nitrogens with zero attached hydrogens (tertiary/aromatic N) is 3. The van der Waals surface area contributed by atoms with Gasteiger partial charge < -0.3 is 16.2 Å². The van der Waals surface area contributed by atoms with E-state index in [1.807, 2.05) is 30.5 Å². The van der Waals surface area contributed by atoms with Crippen LogP contribution in [-0.4, -0.2) is 46.9 Å². The van der Waals surface area contributed by atoms with Crippen LogP contribution in [-0.2, 0) is 0 Å². The van der Waals surface area contributed by atoms with E-state index in [9.17, 15) is 4.79 Å². The molecule has 1 aromatic carbocycles. The highest BCUT2D eigenvalue weighted by Gasteiger charge is 2.21. The van der Waals surface area contributed by atoms with Gasteiger partial charge in [-0.2, -0.15) is 0 Å². The average molecular weight is 428 g/mol. The molecule has 0 fully saturated rings. The van der Waals surface area contributed by atoms with Crippen molar-refractivity contribution in [1.82, 2.24) is 14.9 Å². The van der Waals surface area contributed by atoms with Crippen LogP contribution in [0.5, 0.6) is 5.75 Å². The van der Waals surface area contributed by atoms with E-state index in [0.717, 1.165) is 30.8 Å². The van der Waals surface area contributed by atoms with E-state index in [0.29, 0.717) is 38.4 Å². The van der Waals surface area contributed by atoms with Gasteiger partial charge in [0.25, 0.3) is 5.91 Å². The number of hydrogen-bond acceptors (Lipinski definition) is 8. The molecule has 150 valence electrons. The molecule has 29 heavy (non-hydrogen) atoms. The highest BCUT2D eigenvalue weighted by Crippen LogP contribution is 2.39. The van der Waals surface area contributed by atoms with E-state index < -0.39 is 5.91 Å². The molecular formula is C20H21N5O2S2. The summed E-state index contributed by atoms with van der Waals surface area (Å²) in [7, 11) is 0. The van der Waals surface area contributed by atoms with Gasteiger partial charge in [0.1, 0.15) is 22.2 Å². The third-order valence-electron chi connectivity index (χ3n) is 4.64. The van der Waals surface area contributed by atoms with Crippen molar-refractivity contribution in [2.45, 2.75) is 11.6 Å². The number of primary amides is 1. The van der Waals surface area contributed by atoms with Crippen LogP contribution in [0.1, 0.15) is 16.1 Å². The summed E-state index contributed by atoms with van der Waals surface area (Å²) in [5.41, 5.74) is 13.6. The fourth-order valence-corrected chi connectivity index (χ4v) is 4.56. The van der Waals surface area contributed by atoms with Gasteiger partial charge in [-0.1, -0.05) is 36.0 Å². The zero-order valence-electron chi connectivity index (χ0n) is 15.9. The average Bonchev–Trinajstić information content (AvgIpc) is 3.09. The molecule has 0 unspecified atom stereocenters. The number of rotatable bonds is 6. The molecule has 1 aliphatic rings. The molecule has 0 spiro atoms. The minimum atomic E-state index is -0.560. The van der Waals surface area contributed by atoms with Crippen molar-refractivity contribution in [2.75, 3.05) is 31.8 Å². The van der Waals surface area contributed by atoms with Gasteiger partial charge in [-0.25, -0.2) is 9.97 Å². The summed E-state index contributed by atoms with van der Waals surface area (Å²) >= 11 is 2.63. The van der Waals surface area contributed by atoms with Gasteiger partial charge in [-0.05, 0) is 24.8 Å². The number of hydrogen-bond donors (Lipinski definition) is 2. The lowest BCUT2D eigenvalue weighted by atomic mass is 10.1. The first-order valence-electron chi connectivity index (χ1n) is 9.11. The number of nitrogens with two attached hydrogens (primary N) is 2. The van der Waals surface area contributed by atoms with E-state index in [1.54, 1.807) is 0 Å². The topological polar surface area (TPSA) is 107 Å². The van der Waals surface area contributed by atoms with Crippen molar-refractivity contribution in [1.29, 1.82) is 0 Å². The number of ether oxygens (including phenoxy) is 1. The molecule has 7 nitrogen and oxygen atoms in total. The molecule has 0 aliphatic carbocycles. The van der Waals surface area contributed by atoms with Crippen molar-refractivity contribution in [2.24, 2.45) is 5.73 Å². The molecule has 0 saturated carbocycles. The lowest BCUT2D eigenvalue weighted by molar-refractivity contribution is 0.100. The Kier molecular flexibility index (Phi) is 5.70. The van der Waals surface area contributed by atoms with Gasteiger partial charge in [0.05, 0.1) is 16.8 Å². The molecule has 9 heteroatoms. The number of nitrogen functional groups attached to an aromatic ring is 1. The standard InChI is InChI=1S/C20H21N5O2S2/c1-28-20-23-16(14-15(21)17(18(22)26)29-19(14)24-20)12-6-5-7-13(10-12)27-11-25-8-3-2-4-9-25/h2-3,5-7,10H,4,8-9,11,21H2,1H3,(H2,22,26). The zero-order valence-corrected chi connectivity index (χ0v) is 17.6. The summed E-state index contributed by atoms with van der Waals surface area (Å²) in [6.07, 6.45) is 7.29. The fourth-order valence-electron chi connectivity index (χ4n) is 3.19. The Hall–Kier alpha value is -2.62. The van der Waals surface area contributed by atoms with Crippen LogP contribution in [0.25, 0.3) is 21.5 Å². The number of aromatic nitrogens is 2. The Morgan fingerprint density at radius 3 is 2.93 bits per heavy atom. The van der Waals surface area contributed by atoms with E-state index in [1.165, 1.54) is 23.1 Å². The highest BCUT2D eigenvalue weighted by atomic mass is 32.2. The fraction of sp³-hybridized carbons (Fsp3) is 0.250. The maximum Gasteiger partial charge on any atom is 0.260 e. The Morgan fingerprint density at radius 2 is 2.21 bits per heavy atom. The summed E-state index contributed by atoms with van der Waals surface area (Å²) in [5.74, 6) is 0.188. The second-order valence-corrected chi connectivity index (χ2v) is 8.36. The quantitative estimate of drug-likeness (QED) is 0.353. The first-order chi connectivity index (χ1) is 14.1. The Bertz CT molecular complexity index is 1100. The summed E-state index contributed by atoms with van der Waals surface area (Å²) in [6.45, 7) is 2.40. The molecular weight excluding hydrogens is 406 g/mol. The normalized spacial score (nSPS) is 14.4. The number of anilines is 1. The van der Waals surface area contributed by atoms with Crippen molar-refractivity contribution in [3.63, 3.8) is 0 Å². The van der Waals surface area contributed by atoms with Gasteiger partial charge >= 0.3 is 0 Å². The smallest absolute Gasteiger partial charge is 0.260 e. The Balaban J connectivity index is 1.71. The van der Waals surface area contributed by atoms with Gasteiger partial charge in [-0.15, -0.1) is 11.3 Å². The van der Waals surface area contributed by atoms with Crippen LogP contribution in [0.3, 0.4) is 0 Å². The summed E-state index contributed by atoms with van der Waals surface area (Å²) < 4.78 is 5.99. The monoisotopic (exact) mass is 427 g/mol. The summed E-state index contributed by atoms with van der Waals surface area (Å²) in [6, 6.07) is 7.73. The molecule has 2 aromatic heterocycles. The number of thiophene rings is 1. The van der Waals surface area contributed by atoms with Crippen LogP contribution in [0, 0.1) is 0 Å². The number of thioether (sulfide) groups is 1. The second-order valence-electron chi connectivity index (χ2n) is 6.59. The molecule has 0 bridgehead atoms. The van der Waals surface area contributed by atoms with Crippen LogP contribution in [0.2, 0.25) is 0 Å². The van der Waals surface area contributed by atoms with E-state index in [-0.39, 0.29) is 0 Å². The largest absolute Gasteiger partial charge is 0.478 e. The van der Waals surface area contributed by atoms with E-state index >= 15 is 0 Å². The van der Waals surface area contributed by atoms with Crippen LogP contribution in [0.4, 0.5) is 5.69 Å². The van der Waals surface area contributed by atoms with Crippen LogP contribution >= 0.6 is 23.1 Å². The number of carbonyl (C=O) groups excluding carboxylic acids is 1. The lowest BCUT2D eigenvalue weighted by Gasteiger charge is -2.23. The van der Waals surface area contributed by atoms with E-state index in [2.05, 4.69) is 27.0 Å². The molecule has 1 aliphatic heterocycles. The molecule has 0 radical (unpaired) electrons. The maximum absolute atomic E-state index is 11.8. The summed E-state index contributed by atoms with van der Waals surface area (Å²) in [4.78, 5) is 24.1. The molecule has 0 saturated heterocycles. The highest BCUT2D eigenvalue weighted by molar-refractivity contribution is 7.98. The van der Waals surface area contributed by atoms with Gasteiger partial charge in [0.15, 0.2) is 5.16 Å². The third kappa shape index (κ3) is 4.07. The minimum Gasteiger partial charge on any atom is -0.478 e.